The third-order valence-corrected chi connectivity index (χ3v) is 3.53. The molecule has 5 nitrogen and oxygen atoms in total. The molecule has 0 atom stereocenters. The second-order valence-electron chi connectivity index (χ2n) is 4.90. The summed E-state index contributed by atoms with van der Waals surface area (Å²) in [7, 11) is 3.15. The Labute approximate surface area is 133 Å². The monoisotopic (exact) mass is 308 g/mol. The van der Waals surface area contributed by atoms with E-state index >= 15 is 0 Å². The van der Waals surface area contributed by atoms with Gasteiger partial charge in [-0.05, 0) is 24.3 Å². The summed E-state index contributed by atoms with van der Waals surface area (Å²) >= 11 is 0. The highest BCUT2D eigenvalue weighted by Crippen LogP contribution is 2.34. The summed E-state index contributed by atoms with van der Waals surface area (Å²) in [6.45, 7) is 0. The van der Waals surface area contributed by atoms with Crippen molar-refractivity contribution in [2.75, 3.05) is 19.5 Å². The van der Waals surface area contributed by atoms with E-state index in [-0.39, 0.29) is 5.91 Å². The lowest BCUT2D eigenvalue weighted by molar-refractivity contribution is 0.102. The normalized spacial score (nSPS) is 10.3. The molecule has 0 aliphatic heterocycles. The van der Waals surface area contributed by atoms with Gasteiger partial charge in [0.15, 0.2) is 11.5 Å². The van der Waals surface area contributed by atoms with Crippen LogP contribution in [0.15, 0.2) is 54.7 Å². The highest BCUT2D eigenvalue weighted by Gasteiger charge is 2.12. The molecule has 0 unspecified atom stereocenters. The Morgan fingerprint density at radius 2 is 1.70 bits per heavy atom. The van der Waals surface area contributed by atoms with E-state index < -0.39 is 0 Å². The molecule has 5 heteroatoms. The second-order valence-corrected chi connectivity index (χ2v) is 4.90. The number of amides is 1. The van der Waals surface area contributed by atoms with Crippen LogP contribution in [0.5, 0.6) is 11.5 Å². The highest BCUT2D eigenvalue weighted by atomic mass is 16.5. The number of pyridine rings is 1. The van der Waals surface area contributed by atoms with Crippen molar-refractivity contribution in [1.29, 1.82) is 0 Å². The maximum absolute atomic E-state index is 12.3. The van der Waals surface area contributed by atoms with Crippen LogP contribution in [0.2, 0.25) is 0 Å². The lowest BCUT2D eigenvalue weighted by Crippen LogP contribution is -2.12. The molecule has 0 saturated heterocycles. The fraction of sp³-hybridized carbons (Fsp3) is 0.111. The average Bonchev–Trinajstić information content (AvgIpc) is 2.61. The molecule has 1 amide bonds. The zero-order valence-corrected chi connectivity index (χ0v) is 12.9. The number of methoxy groups -OCH3 is 2. The van der Waals surface area contributed by atoms with Gasteiger partial charge in [0.2, 0.25) is 0 Å². The number of nitrogens with one attached hydrogen (secondary N) is 1. The number of carbonyl (C=O) groups excluding carboxylic acids is 1. The van der Waals surface area contributed by atoms with E-state index in [0.29, 0.717) is 28.3 Å². The van der Waals surface area contributed by atoms with Gasteiger partial charge < -0.3 is 14.8 Å². The van der Waals surface area contributed by atoms with Gasteiger partial charge in [-0.3, -0.25) is 9.78 Å². The highest BCUT2D eigenvalue weighted by molar-refractivity contribution is 6.08. The van der Waals surface area contributed by atoms with Crippen LogP contribution < -0.4 is 14.8 Å². The number of carbonyl (C=O) groups is 1. The lowest BCUT2D eigenvalue weighted by Gasteiger charge is -2.12. The minimum absolute atomic E-state index is 0.173. The summed E-state index contributed by atoms with van der Waals surface area (Å²) in [6, 6.07) is 14.4. The maximum Gasteiger partial charge on any atom is 0.255 e. The van der Waals surface area contributed by atoms with Crippen LogP contribution in [0.3, 0.4) is 0 Å². The van der Waals surface area contributed by atoms with Crippen LogP contribution in [0.4, 0.5) is 5.69 Å². The summed E-state index contributed by atoms with van der Waals surface area (Å²) in [4.78, 5) is 16.7. The SMILES string of the molecule is COc1cc2nccc(NC(=O)c3ccccc3)c2cc1OC. The molecule has 0 saturated carbocycles. The van der Waals surface area contributed by atoms with Gasteiger partial charge in [0, 0.05) is 23.2 Å². The molecule has 0 aliphatic rings. The summed E-state index contributed by atoms with van der Waals surface area (Å²) in [5.41, 5.74) is 1.98. The molecule has 1 aromatic heterocycles. The molecule has 3 rings (SSSR count). The molecule has 0 aliphatic carbocycles. The standard InChI is InChI=1S/C18H16N2O3/c1-22-16-10-13-14(8-9-19-15(13)11-17(16)23-2)20-18(21)12-6-4-3-5-7-12/h3-11H,1-2H3,(H,19,20,21). The van der Waals surface area contributed by atoms with E-state index in [1.54, 1.807) is 44.7 Å². The molecule has 3 aromatic rings. The van der Waals surface area contributed by atoms with Crippen molar-refractivity contribution in [2.45, 2.75) is 0 Å². The van der Waals surface area contributed by atoms with Gasteiger partial charge in [0.25, 0.3) is 5.91 Å². The number of hydrogen-bond donors (Lipinski definition) is 1. The van der Waals surface area contributed by atoms with Gasteiger partial charge in [0.05, 0.1) is 25.4 Å². The zero-order valence-electron chi connectivity index (χ0n) is 12.9. The Balaban J connectivity index is 2.02. The molecule has 116 valence electrons. The van der Waals surface area contributed by atoms with Crippen molar-refractivity contribution in [3.05, 3.63) is 60.3 Å². The van der Waals surface area contributed by atoms with Crippen molar-refractivity contribution in [3.8, 4) is 11.5 Å². The van der Waals surface area contributed by atoms with Gasteiger partial charge in [-0.25, -0.2) is 0 Å². The van der Waals surface area contributed by atoms with Crippen molar-refractivity contribution < 1.29 is 14.3 Å². The third kappa shape index (κ3) is 2.94. The number of fused-ring (bicyclic) bond motifs is 1. The molecule has 0 bridgehead atoms. The van der Waals surface area contributed by atoms with Crippen molar-refractivity contribution in [1.82, 2.24) is 4.98 Å². The number of rotatable bonds is 4. The van der Waals surface area contributed by atoms with Gasteiger partial charge in [0.1, 0.15) is 0 Å². The Morgan fingerprint density at radius 1 is 1.00 bits per heavy atom. The Hall–Kier alpha value is -3.08. The van der Waals surface area contributed by atoms with E-state index in [1.807, 2.05) is 24.3 Å². The first-order chi connectivity index (χ1) is 11.2. The zero-order chi connectivity index (χ0) is 16.2. The minimum atomic E-state index is -0.173. The largest absolute Gasteiger partial charge is 0.493 e. The molecule has 1 heterocycles. The predicted molar refractivity (Wildman–Crippen MR) is 89.2 cm³/mol. The van der Waals surface area contributed by atoms with Gasteiger partial charge in [-0.1, -0.05) is 18.2 Å². The van der Waals surface area contributed by atoms with Crippen LogP contribution >= 0.6 is 0 Å². The number of aromatic nitrogens is 1. The molecule has 0 radical (unpaired) electrons. The van der Waals surface area contributed by atoms with Gasteiger partial charge >= 0.3 is 0 Å². The molecular formula is C18H16N2O3. The molecule has 0 fully saturated rings. The van der Waals surface area contributed by atoms with Crippen LogP contribution in [0, 0.1) is 0 Å². The van der Waals surface area contributed by atoms with Crippen LogP contribution in [-0.4, -0.2) is 25.1 Å². The summed E-state index contributed by atoms with van der Waals surface area (Å²) in [5, 5.41) is 3.70. The molecular weight excluding hydrogens is 292 g/mol. The first kappa shape index (κ1) is 14.8. The summed E-state index contributed by atoms with van der Waals surface area (Å²) in [5.74, 6) is 1.01. The Bertz CT molecular complexity index is 848. The average molecular weight is 308 g/mol. The van der Waals surface area contributed by atoms with Crippen LogP contribution in [0.1, 0.15) is 10.4 Å². The van der Waals surface area contributed by atoms with Crippen molar-refractivity contribution >= 4 is 22.5 Å². The predicted octanol–water partition coefficient (Wildman–Crippen LogP) is 3.50. The number of hydrogen-bond acceptors (Lipinski definition) is 4. The lowest BCUT2D eigenvalue weighted by atomic mass is 10.1. The van der Waals surface area contributed by atoms with Crippen molar-refractivity contribution in [3.63, 3.8) is 0 Å². The van der Waals surface area contributed by atoms with Crippen LogP contribution in [-0.2, 0) is 0 Å². The third-order valence-electron chi connectivity index (χ3n) is 3.53. The first-order valence-corrected chi connectivity index (χ1v) is 7.10. The Morgan fingerprint density at radius 3 is 2.39 bits per heavy atom. The number of benzene rings is 2. The van der Waals surface area contributed by atoms with Crippen LogP contribution in [0.25, 0.3) is 10.9 Å². The van der Waals surface area contributed by atoms with Gasteiger partial charge in [-0.2, -0.15) is 0 Å². The summed E-state index contributed by atoms with van der Waals surface area (Å²) in [6.07, 6.45) is 1.65. The van der Waals surface area contributed by atoms with E-state index in [0.717, 1.165) is 5.39 Å². The number of anilines is 1. The van der Waals surface area contributed by atoms with E-state index in [9.17, 15) is 4.79 Å². The second kappa shape index (κ2) is 6.36. The fourth-order valence-electron chi connectivity index (χ4n) is 2.37. The molecule has 1 N–H and O–H groups in total. The van der Waals surface area contributed by atoms with E-state index in [2.05, 4.69) is 10.3 Å². The Kier molecular flexibility index (Phi) is 4.10. The minimum Gasteiger partial charge on any atom is -0.493 e. The van der Waals surface area contributed by atoms with Gasteiger partial charge in [-0.15, -0.1) is 0 Å². The maximum atomic E-state index is 12.3. The molecule has 0 spiro atoms. The molecule has 2 aromatic carbocycles. The van der Waals surface area contributed by atoms with E-state index in [4.69, 9.17) is 9.47 Å². The van der Waals surface area contributed by atoms with E-state index in [1.165, 1.54) is 0 Å². The summed E-state index contributed by atoms with van der Waals surface area (Å²) < 4.78 is 10.6. The quantitative estimate of drug-likeness (QED) is 0.801. The topological polar surface area (TPSA) is 60.5 Å². The fourth-order valence-corrected chi connectivity index (χ4v) is 2.37. The van der Waals surface area contributed by atoms with Crippen molar-refractivity contribution in [2.24, 2.45) is 0 Å². The number of nitrogens with zero attached hydrogens (tertiary/aromatic N) is 1. The number of ether oxygens (including phenoxy) is 2. The molecule has 23 heavy (non-hydrogen) atoms. The smallest absolute Gasteiger partial charge is 0.255 e. The first-order valence-electron chi connectivity index (χ1n) is 7.10.